The SMILES string of the molecule is Cl.N[C@@H]1CCN(CCC2CCNCC2)C1. The van der Waals surface area contributed by atoms with Crippen LogP contribution in [0, 0.1) is 5.92 Å². The fourth-order valence-corrected chi connectivity index (χ4v) is 2.60. The monoisotopic (exact) mass is 233 g/mol. The third kappa shape index (κ3) is 4.27. The molecule has 0 saturated carbocycles. The Kier molecular flexibility index (Phi) is 5.90. The summed E-state index contributed by atoms with van der Waals surface area (Å²) in [6.45, 7) is 6.09. The minimum atomic E-state index is 0. The molecule has 0 spiro atoms. The van der Waals surface area contributed by atoms with E-state index >= 15 is 0 Å². The second-order valence-electron chi connectivity index (χ2n) is 4.83. The molecule has 2 fully saturated rings. The number of hydrogen-bond donors (Lipinski definition) is 2. The fraction of sp³-hybridized carbons (Fsp3) is 1.00. The fourth-order valence-electron chi connectivity index (χ4n) is 2.60. The minimum Gasteiger partial charge on any atom is -0.326 e. The van der Waals surface area contributed by atoms with Gasteiger partial charge in [0.15, 0.2) is 0 Å². The van der Waals surface area contributed by atoms with Gasteiger partial charge in [0.05, 0.1) is 0 Å². The van der Waals surface area contributed by atoms with Crippen LogP contribution in [-0.4, -0.2) is 43.7 Å². The Balaban J connectivity index is 0.00000112. The van der Waals surface area contributed by atoms with Gasteiger partial charge in [0.2, 0.25) is 0 Å². The molecule has 15 heavy (non-hydrogen) atoms. The van der Waals surface area contributed by atoms with Crippen LogP contribution in [0.15, 0.2) is 0 Å². The van der Waals surface area contributed by atoms with Gasteiger partial charge in [-0.2, -0.15) is 0 Å². The molecule has 2 aliphatic heterocycles. The van der Waals surface area contributed by atoms with Gasteiger partial charge < -0.3 is 16.0 Å². The lowest BCUT2D eigenvalue weighted by Crippen LogP contribution is -2.32. The number of halogens is 1. The van der Waals surface area contributed by atoms with Crippen molar-refractivity contribution in [1.29, 1.82) is 0 Å². The van der Waals surface area contributed by atoms with Crippen molar-refractivity contribution in [2.24, 2.45) is 11.7 Å². The highest BCUT2D eigenvalue weighted by Gasteiger charge is 2.20. The van der Waals surface area contributed by atoms with Gasteiger partial charge in [-0.1, -0.05) is 0 Å². The van der Waals surface area contributed by atoms with Crippen molar-refractivity contribution < 1.29 is 0 Å². The summed E-state index contributed by atoms with van der Waals surface area (Å²) in [5, 5.41) is 3.42. The normalized spacial score (nSPS) is 29.0. The van der Waals surface area contributed by atoms with Crippen molar-refractivity contribution in [3.05, 3.63) is 0 Å². The van der Waals surface area contributed by atoms with Gasteiger partial charge in [-0.05, 0) is 57.8 Å². The van der Waals surface area contributed by atoms with Crippen LogP contribution in [0.1, 0.15) is 25.7 Å². The molecule has 3 nitrogen and oxygen atoms in total. The van der Waals surface area contributed by atoms with Crippen LogP contribution in [-0.2, 0) is 0 Å². The van der Waals surface area contributed by atoms with E-state index in [1.165, 1.54) is 51.9 Å². The van der Waals surface area contributed by atoms with Crippen molar-refractivity contribution in [2.75, 3.05) is 32.7 Å². The predicted molar refractivity (Wildman–Crippen MR) is 66.5 cm³/mol. The van der Waals surface area contributed by atoms with Gasteiger partial charge in [-0.3, -0.25) is 0 Å². The number of nitrogens with two attached hydrogens (primary N) is 1. The second kappa shape index (κ2) is 6.69. The summed E-state index contributed by atoms with van der Waals surface area (Å²) in [6, 6.07) is 0.447. The maximum absolute atomic E-state index is 5.88. The molecule has 2 rings (SSSR count). The molecule has 0 aliphatic carbocycles. The molecule has 4 heteroatoms. The van der Waals surface area contributed by atoms with E-state index in [0.29, 0.717) is 6.04 Å². The first-order valence-corrected chi connectivity index (χ1v) is 6.03. The zero-order valence-electron chi connectivity index (χ0n) is 9.45. The summed E-state index contributed by atoms with van der Waals surface area (Å²) >= 11 is 0. The topological polar surface area (TPSA) is 41.3 Å². The first-order valence-electron chi connectivity index (χ1n) is 6.03. The lowest BCUT2D eigenvalue weighted by Gasteiger charge is -2.24. The minimum absolute atomic E-state index is 0. The molecule has 2 aliphatic rings. The Hall–Kier alpha value is 0.170. The van der Waals surface area contributed by atoms with E-state index in [2.05, 4.69) is 10.2 Å². The van der Waals surface area contributed by atoms with Crippen LogP contribution in [0.3, 0.4) is 0 Å². The van der Waals surface area contributed by atoms with E-state index in [1.54, 1.807) is 0 Å². The van der Waals surface area contributed by atoms with Gasteiger partial charge in [-0.25, -0.2) is 0 Å². The van der Waals surface area contributed by atoms with Gasteiger partial charge in [-0.15, -0.1) is 12.4 Å². The average Bonchev–Trinajstić information content (AvgIpc) is 2.63. The molecule has 2 saturated heterocycles. The first-order chi connectivity index (χ1) is 6.84. The van der Waals surface area contributed by atoms with E-state index < -0.39 is 0 Å². The maximum Gasteiger partial charge on any atom is 0.0180 e. The van der Waals surface area contributed by atoms with Crippen LogP contribution < -0.4 is 11.1 Å². The second-order valence-corrected chi connectivity index (χ2v) is 4.83. The first kappa shape index (κ1) is 13.2. The number of hydrogen-bond acceptors (Lipinski definition) is 3. The Morgan fingerprint density at radius 2 is 1.93 bits per heavy atom. The van der Waals surface area contributed by atoms with Crippen LogP contribution in [0.4, 0.5) is 0 Å². The zero-order chi connectivity index (χ0) is 9.80. The highest BCUT2D eigenvalue weighted by molar-refractivity contribution is 5.85. The lowest BCUT2D eigenvalue weighted by atomic mass is 9.94. The van der Waals surface area contributed by atoms with Crippen molar-refractivity contribution in [3.8, 4) is 0 Å². The molecule has 0 radical (unpaired) electrons. The van der Waals surface area contributed by atoms with E-state index in [9.17, 15) is 0 Å². The van der Waals surface area contributed by atoms with Gasteiger partial charge >= 0.3 is 0 Å². The molecule has 0 aromatic carbocycles. The molecular formula is C11H24ClN3. The molecule has 90 valence electrons. The third-order valence-corrected chi connectivity index (χ3v) is 3.62. The predicted octanol–water partition coefficient (Wildman–Crippen LogP) is 0.831. The summed E-state index contributed by atoms with van der Waals surface area (Å²) in [4.78, 5) is 2.53. The number of nitrogens with zero attached hydrogens (tertiary/aromatic N) is 1. The van der Waals surface area contributed by atoms with Gasteiger partial charge in [0.1, 0.15) is 0 Å². The summed E-state index contributed by atoms with van der Waals surface area (Å²) in [6.07, 6.45) is 5.33. The number of likely N-dealkylation sites (tertiary alicyclic amines) is 1. The zero-order valence-corrected chi connectivity index (χ0v) is 10.3. The Morgan fingerprint density at radius 1 is 1.20 bits per heavy atom. The Labute approximate surface area is 99.2 Å². The highest BCUT2D eigenvalue weighted by Crippen LogP contribution is 2.17. The van der Waals surface area contributed by atoms with Crippen molar-refractivity contribution in [1.82, 2.24) is 10.2 Å². The molecular weight excluding hydrogens is 210 g/mol. The summed E-state index contributed by atoms with van der Waals surface area (Å²) < 4.78 is 0. The van der Waals surface area contributed by atoms with E-state index in [-0.39, 0.29) is 12.4 Å². The Bertz CT molecular complexity index is 166. The summed E-state index contributed by atoms with van der Waals surface area (Å²) in [5.74, 6) is 0.966. The standard InChI is InChI=1S/C11H23N3.ClH/c12-11-4-8-14(9-11)7-3-10-1-5-13-6-2-10;/h10-11,13H,1-9,12H2;1H/t11-;/m1./s1. The third-order valence-electron chi connectivity index (χ3n) is 3.62. The van der Waals surface area contributed by atoms with Crippen LogP contribution >= 0.6 is 12.4 Å². The van der Waals surface area contributed by atoms with E-state index in [4.69, 9.17) is 5.73 Å². The number of nitrogens with one attached hydrogen (secondary N) is 1. The van der Waals surface area contributed by atoms with Crippen molar-refractivity contribution in [3.63, 3.8) is 0 Å². The van der Waals surface area contributed by atoms with Crippen molar-refractivity contribution >= 4 is 12.4 Å². The van der Waals surface area contributed by atoms with Crippen molar-refractivity contribution in [2.45, 2.75) is 31.7 Å². The van der Waals surface area contributed by atoms with Crippen LogP contribution in [0.25, 0.3) is 0 Å². The summed E-state index contributed by atoms with van der Waals surface area (Å²) in [5.41, 5.74) is 5.88. The largest absolute Gasteiger partial charge is 0.326 e. The molecule has 2 heterocycles. The number of rotatable bonds is 3. The lowest BCUT2D eigenvalue weighted by molar-refractivity contribution is 0.270. The molecule has 0 aromatic rings. The molecule has 3 N–H and O–H groups in total. The maximum atomic E-state index is 5.88. The number of piperidine rings is 1. The summed E-state index contributed by atoms with van der Waals surface area (Å²) in [7, 11) is 0. The molecule has 0 aromatic heterocycles. The Morgan fingerprint density at radius 3 is 2.53 bits per heavy atom. The van der Waals surface area contributed by atoms with Crippen LogP contribution in [0.2, 0.25) is 0 Å². The highest BCUT2D eigenvalue weighted by atomic mass is 35.5. The van der Waals surface area contributed by atoms with Gasteiger partial charge in [0.25, 0.3) is 0 Å². The molecule has 0 amide bonds. The smallest absolute Gasteiger partial charge is 0.0180 e. The molecule has 0 bridgehead atoms. The quantitative estimate of drug-likeness (QED) is 0.759. The van der Waals surface area contributed by atoms with Gasteiger partial charge in [0, 0.05) is 12.6 Å². The van der Waals surface area contributed by atoms with Crippen LogP contribution in [0.5, 0.6) is 0 Å². The molecule has 1 atom stereocenters. The van der Waals surface area contributed by atoms with E-state index in [1.807, 2.05) is 0 Å². The average molecular weight is 234 g/mol. The van der Waals surface area contributed by atoms with E-state index in [0.717, 1.165) is 12.5 Å². The molecule has 0 unspecified atom stereocenters.